The molecule has 1 saturated heterocycles. The lowest BCUT2D eigenvalue weighted by atomic mass is 10.1. The van der Waals surface area contributed by atoms with Crippen molar-refractivity contribution in [2.24, 2.45) is 0 Å². The topological polar surface area (TPSA) is 87.9 Å². The Bertz CT molecular complexity index is 466. The van der Waals surface area contributed by atoms with Gasteiger partial charge in [-0.2, -0.15) is 0 Å². The van der Waals surface area contributed by atoms with Gasteiger partial charge in [-0.15, -0.1) is 0 Å². The van der Waals surface area contributed by atoms with Gasteiger partial charge < -0.3 is 20.1 Å². The lowest BCUT2D eigenvalue weighted by Crippen LogP contribution is -2.47. The standard InChI is InChI=1S/C12H17N3O4/c1-13-10-3-2-4-11(12(10)15(17)18)14-5-6-19-8-9(14)7-16/h2-4,9,13,16H,5-8H2,1H3. The van der Waals surface area contributed by atoms with E-state index in [1.165, 1.54) is 0 Å². The number of rotatable bonds is 4. The van der Waals surface area contributed by atoms with Crippen LogP contribution in [-0.4, -0.2) is 49.5 Å². The number of aliphatic hydroxyl groups is 1. The number of aliphatic hydroxyl groups excluding tert-OH is 1. The minimum absolute atomic E-state index is 0.0327. The van der Waals surface area contributed by atoms with Gasteiger partial charge in [0.2, 0.25) is 0 Å². The van der Waals surface area contributed by atoms with Gasteiger partial charge in [0.15, 0.2) is 0 Å². The minimum atomic E-state index is -0.398. The van der Waals surface area contributed by atoms with Gasteiger partial charge in [-0.1, -0.05) is 6.07 Å². The smallest absolute Gasteiger partial charge is 0.315 e. The van der Waals surface area contributed by atoms with Crippen molar-refractivity contribution in [2.45, 2.75) is 6.04 Å². The van der Waals surface area contributed by atoms with E-state index in [4.69, 9.17) is 4.74 Å². The maximum absolute atomic E-state index is 11.3. The molecule has 1 unspecified atom stereocenters. The number of para-hydroxylation sites is 1. The summed E-state index contributed by atoms with van der Waals surface area (Å²) in [5, 5.41) is 23.5. The highest BCUT2D eigenvalue weighted by Crippen LogP contribution is 2.36. The van der Waals surface area contributed by atoms with Gasteiger partial charge in [0, 0.05) is 13.6 Å². The number of anilines is 2. The molecule has 7 nitrogen and oxygen atoms in total. The Morgan fingerprint density at radius 2 is 2.42 bits per heavy atom. The molecule has 7 heteroatoms. The molecule has 1 fully saturated rings. The Morgan fingerprint density at radius 3 is 3.05 bits per heavy atom. The Labute approximate surface area is 110 Å². The van der Waals surface area contributed by atoms with E-state index < -0.39 is 4.92 Å². The number of ether oxygens (including phenoxy) is 1. The van der Waals surface area contributed by atoms with E-state index in [2.05, 4.69) is 5.32 Å². The zero-order chi connectivity index (χ0) is 13.8. The molecule has 1 aliphatic heterocycles. The monoisotopic (exact) mass is 267 g/mol. The van der Waals surface area contributed by atoms with E-state index in [-0.39, 0.29) is 18.3 Å². The summed E-state index contributed by atoms with van der Waals surface area (Å²) in [5.41, 5.74) is 1.01. The molecule has 1 aromatic carbocycles. The summed E-state index contributed by atoms with van der Waals surface area (Å²) in [4.78, 5) is 12.7. The normalized spacial score (nSPS) is 19.3. The number of nitro groups is 1. The molecule has 1 atom stereocenters. The fraction of sp³-hybridized carbons (Fsp3) is 0.500. The SMILES string of the molecule is CNc1cccc(N2CCOCC2CO)c1[N+](=O)[O-]. The lowest BCUT2D eigenvalue weighted by molar-refractivity contribution is -0.383. The number of hydrogen-bond acceptors (Lipinski definition) is 6. The molecule has 2 rings (SSSR count). The largest absolute Gasteiger partial charge is 0.394 e. The summed E-state index contributed by atoms with van der Waals surface area (Å²) in [6.07, 6.45) is 0. The summed E-state index contributed by atoms with van der Waals surface area (Å²) in [6.45, 7) is 1.30. The first kappa shape index (κ1) is 13.6. The van der Waals surface area contributed by atoms with E-state index in [1.54, 1.807) is 25.2 Å². The summed E-state index contributed by atoms with van der Waals surface area (Å²) in [5.74, 6) is 0. The molecule has 0 spiro atoms. The quantitative estimate of drug-likeness (QED) is 0.620. The molecule has 2 N–H and O–H groups in total. The van der Waals surface area contributed by atoms with Gasteiger partial charge in [0.1, 0.15) is 11.4 Å². The molecule has 104 valence electrons. The second kappa shape index (κ2) is 5.85. The van der Waals surface area contributed by atoms with Crippen molar-refractivity contribution in [1.82, 2.24) is 0 Å². The molecule has 0 saturated carbocycles. The molecular weight excluding hydrogens is 250 g/mol. The van der Waals surface area contributed by atoms with Crippen LogP contribution in [0.3, 0.4) is 0 Å². The number of morpholine rings is 1. The average molecular weight is 267 g/mol. The Hall–Kier alpha value is -1.86. The third kappa shape index (κ3) is 2.61. The molecule has 19 heavy (non-hydrogen) atoms. The van der Waals surface area contributed by atoms with Crippen LogP contribution in [0.4, 0.5) is 17.1 Å². The molecule has 1 heterocycles. The van der Waals surface area contributed by atoms with E-state index in [0.717, 1.165) is 0 Å². The van der Waals surface area contributed by atoms with Crippen molar-refractivity contribution < 1.29 is 14.8 Å². The van der Waals surface area contributed by atoms with Crippen LogP contribution >= 0.6 is 0 Å². The number of nitro benzene ring substituents is 1. The predicted octanol–water partition coefficient (Wildman–Crippen LogP) is 0.834. The van der Waals surface area contributed by atoms with E-state index in [1.807, 2.05) is 4.90 Å². The lowest BCUT2D eigenvalue weighted by Gasteiger charge is -2.36. The average Bonchev–Trinajstić information content (AvgIpc) is 2.46. The molecular formula is C12H17N3O4. The van der Waals surface area contributed by atoms with Crippen LogP contribution in [0.15, 0.2) is 18.2 Å². The Morgan fingerprint density at radius 1 is 1.63 bits per heavy atom. The first-order valence-electron chi connectivity index (χ1n) is 6.09. The van der Waals surface area contributed by atoms with Crippen molar-refractivity contribution in [2.75, 3.05) is 43.6 Å². The van der Waals surface area contributed by atoms with Crippen molar-refractivity contribution in [3.63, 3.8) is 0 Å². The molecule has 0 amide bonds. The van der Waals surface area contributed by atoms with Gasteiger partial charge in [0.25, 0.3) is 0 Å². The van der Waals surface area contributed by atoms with Crippen molar-refractivity contribution in [3.05, 3.63) is 28.3 Å². The molecule has 1 aliphatic rings. The molecule has 1 aromatic rings. The van der Waals surface area contributed by atoms with Crippen LogP contribution in [0.5, 0.6) is 0 Å². The highest BCUT2D eigenvalue weighted by Gasteiger charge is 2.29. The van der Waals surface area contributed by atoms with E-state index in [0.29, 0.717) is 31.1 Å². The van der Waals surface area contributed by atoms with Crippen LogP contribution in [0.25, 0.3) is 0 Å². The van der Waals surface area contributed by atoms with E-state index >= 15 is 0 Å². The first-order chi connectivity index (χ1) is 9.19. The summed E-state index contributed by atoms with van der Waals surface area (Å²) in [6, 6.07) is 4.88. The van der Waals surface area contributed by atoms with E-state index in [9.17, 15) is 15.2 Å². The van der Waals surface area contributed by atoms with Gasteiger partial charge in [-0.3, -0.25) is 10.1 Å². The number of nitrogens with zero attached hydrogens (tertiary/aromatic N) is 2. The molecule has 0 bridgehead atoms. The predicted molar refractivity (Wildman–Crippen MR) is 71.7 cm³/mol. The van der Waals surface area contributed by atoms with Gasteiger partial charge >= 0.3 is 5.69 Å². The molecule has 0 radical (unpaired) electrons. The van der Waals surface area contributed by atoms with Crippen LogP contribution in [0, 0.1) is 10.1 Å². The highest BCUT2D eigenvalue weighted by atomic mass is 16.6. The maximum Gasteiger partial charge on any atom is 0.315 e. The third-order valence-corrected chi connectivity index (χ3v) is 3.21. The highest BCUT2D eigenvalue weighted by molar-refractivity contribution is 5.77. The fourth-order valence-electron chi connectivity index (χ4n) is 2.28. The second-order valence-corrected chi connectivity index (χ2v) is 4.29. The number of hydrogen-bond donors (Lipinski definition) is 2. The molecule has 0 aliphatic carbocycles. The zero-order valence-corrected chi connectivity index (χ0v) is 10.7. The fourth-order valence-corrected chi connectivity index (χ4v) is 2.28. The van der Waals surface area contributed by atoms with Gasteiger partial charge in [0.05, 0.1) is 30.8 Å². The number of nitrogens with one attached hydrogen (secondary N) is 1. The van der Waals surface area contributed by atoms with Crippen LogP contribution < -0.4 is 10.2 Å². The first-order valence-corrected chi connectivity index (χ1v) is 6.09. The molecule has 0 aromatic heterocycles. The Kier molecular flexibility index (Phi) is 4.18. The van der Waals surface area contributed by atoms with Crippen LogP contribution in [-0.2, 0) is 4.74 Å². The van der Waals surface area contributed by atoms with Gasteiger partial charge in [-0.05, 0) is 12.1 Å². The van der Waals surface area contributed by atoms with Crippen molar-refractivity contribution in [1.29, 1.82) is 0 Å². The van der Waals surface area contributed by atoms with Crippen LogP contribution in [0.1, 0.15) is 0 Å². The van der Waals surface area contributed by atoms with Crippen molar-refractivity contribution >= 4 is 17.1 Å². The van der Waals surface area contributed by atoms with Crippen molar-refractivity contribution in [3.8, 4) is 0 Å². The summed E-state index contributed by atoms with van der Waals surface area (Å²) >= 11 is 0. The number of benzene rings is 1. The summed E-state index contributed by atoms with van der Waals surface area (Å²) in [7, 11) is 1.65. The third-order valence-electron chi connectivity index (χ3n) is 3.21. The Balaban J connectivity index is 2.45. The maximum atomic E-state index is 11.3. The van der Waals surface area contributed by atoms with Crippen LogP contribution in [0.2, 0.25) is 0 Å². The van der Waals surface area contributed by atoms with Gasteiger partial charge in [-0.25, -0.2) is 0 Å². The second-order valence-electron chi connectivity index (χ2n) is 4.29. The summed E-state index contributed by atoms with van der Waals surface area (Å²) < 4.78 is 5.29. The zero-order valence-electron chi connectivity index (χ0n) is 10.7. The minimum Gasteiger partial charge on any atom is -0.394 e.